The molecule has 0 atom stereocenters. The summed E-state index contributed by atoms with van der Waals surface area (Å²) in [5, 5.41) is 14.0. The minimum atomic E-state index is -3.81. The number of benzene rings is 1. The zero-order chi connectivity index (χ0) is 10.1. The van der Waals surface area contributed by atoms with Gasteiger partial charge in [0.15, 0.2) is 0 Å². The molecule has 3 N–H and O–H groups in total. The van der Waals surface area contributed by atoms with E-state index in [0.29, 0.717) is 0 Å². The highest BCUT2D eigenvalue weighted by Crippen LogP contribution is 2.22. The Morgan fingerprint density at radius 3 is 2.46 bits per heavy atom. The van der Waals surface area contributed by atoms with Gasteiger partial charge in [0.1, 0.15) is 0 Å². The number of hydrogen-bond acceptors (Lipinski definition) is 3. The first-order valence-corrected chi connectivity index (χ1v) is 5.30. The summed E-state index contributed by atoms with van der Waals surface area (Å²) < 4.78 is 21.9. The Morgan fingerprint density at radius 2 is 2.08 bits per heavy atom. The van der Waals surface area contributed by atoms with E-state index < -0.39 is 16.6 Å². The Kier molecular flexibility index (Phi) is 2.92. The first-order valence-electron chi connectivity index (χ1n) is 3.38. The van der Waals surface area contributed by atoms with Crippen LogP contribution >= 0.6 is 11.6 Å². The molecule has 0 amide bonds. The molecule has 1 aromatic rings. The van der Waals surface area contributed by atoms with E-state index in [2.05, 4.69) is 0 Å². The number of halogens is 1. The molecule has 0 bridgehead atoms. The van der Waals surface area contributed by atoms with Gasteiger partial charge in [-0.15, -0.1) is 0 Å². The van der Waals surface area contributed by atoms with Gasteiger partial charge in [-0.2, -0.15) is 0 Å². The van der Waals surface area contributed by atoms with Crippen molar-refractivity contribution in [1.82, 2.24) is 0 Å². The van der Waals surface area contributed by atoms with E-state index in [1.165, 1.54) is 18.2 Å². The molecule has 0 fully saturated rings. The van der Waals surface area contributed by atoms with Gasteiger partial charge in [0.25, 0.3) is 0 Å². The fourth-order valence-corrected chi connectivity index (χ4v) is 2.04. The maximum atomic E-state index is 11.0. The summed E-state index contributed by atoms with van der Waals surface area (Å²) >= 11 is 5.66. The van der Waals surface area contributed by atoms with Gasteiger partial charge in [-0.1, -0.05) is 17.7 Å². The monoisotopic (exact) mass is 221 g/mol. The molecular weight excluding hydrogens is 214 g/mol. The molecule has 0 spiro atoms. The van der Waals surface area contributed by atoms with Crippen LogP contribution in [0.3, 0.4) is 0 Å². The first kappa shape index (κ1) is 10.5. The number of primary sulfonamides is 1. The summed E-state index contributed by atoms with van der Waals surface area (Å²) in [6, 6.07) is 4.25. The van der Waals surface area contributed by atoms with Crippen LogP contribution < -0.4 is 5.14 Å². The van der Waals surface area contributed by atoms with E-state index in [1.807, 2.05) is 0 Å². The van der Waals surface area contributed by atoms with Crippen molar-refractivity contribution in [3.63, 3.8) is 0 Å². The maximum Gasteiger partial charge on any atom is 0.238 e. The third-order valence-corrected chi connectivity index (χ3v) is 2.89. The summed E-state index contributed by atoms with van der Waals surface area (Å²) in [7, 11) is -3.81. The van der Waals surface area contributed by atoms with Crippen LogP contribution in [-0.4, -0.2) is 13.5 Å². The smallest absolute Gasteiger partial charge is 0.238 e. The molecule has 0 radical (unpaired) electrons. The minimum absolute atomic E-state index is 0.131. The van der Waals surface area contributed by atoms with Crippen molar-refractivity contribution in [1.29, 1.82) is 0 Å². The van der Waals surface area contributed by atoms with Crippen molar-refractivity contribution in [3.8, 4) is 0 Å². The highest BCUT2D eigenvalue weighted by molar-refractivity contribution is 7.89. The summed E-state index contributed by atoms with van der Waals surface area (Å²) in [5.74, 6) is 0. The van der Waals surface area contributed by atoms with Crippen molar-refractivity contribution < 1.29 is 13.5 Å². The van der Waals surface area contributed by atoms with E-state index in [0.717, 1.165) is 0 Å². The molecule has 0 saturated carbocycles. The average molecular weight is 222 g/mol. The molecule has 1 rings (SSSR count). The second kappa shape index (κ2) is 3.63. The third kappa shape index (κ3) is 2.19. The van der Waals surface area contributed by atoms with Gasteiger partial charge in [-0.3, -0.25) is 0 Å². The van der Waals surface area contributed by atoms with Crippen LogP contribution in [0, 0.1) is 0 Å². The molecule has 72 valence electrons. The van der Waals surface area contributed by atoms with E-state index in [-0.39, 0.29) is 15.5 Å². The lowest BCUT2D eigenvalue weighted by Gasteiger charge is -2.05. The fourth-order valence-electron chi connectivity index (χ4n) is 0.959. The molecule has 1 aromatic carbocycles. The van der Waals surface area contributed by atoms with Crippen LogP contribution in [0.25, 0.3) is 0 Å². The van der Waals surface area contributed by atoms with E-state index >= 15 is 0 Å². The predicted molar refractivity (Wildman–Crippen MR) is 48.7 cm³/mol. The Labute approximate surface area is 81.0 Å². The largest absolute Gasteiger partial charge is 0.392 e. The lowest BCUT2D eigenvalue weighted by atomic mass is 10.2. The van der Waals surface area contributed by atoms with Crippen molar-refractivity contribution in [2.45, 2.75) is 11.5 Å². The minimum Gasteiger partial charge on any atom is -0.392 e. The molecule has 0 unspecified atom stereocenters. The Balaban J connectivity index is 3.47. The molecule has 13 heavy (non-hydrogen) atoms. The molecule has 0 heterocycles. The maximum absolute atomic E-state index is 11.0. The van der Waals surface area contributed by atoms with E-state index in [9.17, 15) is 8.42 Å². The molecule has 0 aliphatic carbocycles. The average Bonchev–Trinajstić information content (AvgIpc) is 2.02. The second-order valence-electron chi connectivity index (χ2n) is 2.42. The third-order valence-electron chi connectivity index (χ3n) is 1.54. The standard InChI is InChI=1S/C7H8ClNO3S/c8-6-2-1-3-7(5(6)4-10)13(9,11)12/h1-3,10H,4H2,(H2,9,11,12). The summed E-state index contributed by atoms with van der Waals surface area (Å²) in [6.45, 7) is -0.453. The second-order valence-corrected chi connectivity index (χ2v) is 4.36. The fraction of sp³-hybridized carbons (Fsp3) is 0.143. The first-order chi connectivity index (χ1) is 5.96. The zero-order valence-electron chi connectivity index (χ0n) is 6.57. The van der Waals surface area contributed by atoms with Gasteiger partial charge in [-0.25, -0.2) is 13.6 Å². The Hall–Kier alpha value is -0.620. The summed E-state index contributed by atoms with van der Waals surface area (Å²) in [5.41, 5.74) is 0.131. The molecule has 0 saturated heterocycles. The zero-order valence-corrected chi connectivity index (χ0v) is 8.14. The van der Waals surface area contributed by atoms with Crippen molar-refractivity contribution in [2.75, 3.05) is 0 Å². The number of rotatable bonds is 2. The van der Waals surface area contributed by atoms with Crippen molar-refractivity contribution >= 4 is 21.6 Å². The van der Waals surface area contributed by atoms with Crippen LogP contribution in [0.2, 0.25) is 5.02 Å². The normalized spacial score (nSPS) is 11.6. The van der Waals surface area contributed by atoms with Gasteiger partial charge in [0.05, 0.1) is 11.5 Å². The Morgan fingerprint density at radius 1 is 1.46 bits per heavy atom. The summed E-state index contributed by atoms with van der Waals surface area (Å²) in [6.07, 6.45) is 0. The van der Waals surface area contributed by atoms with Gasteiger partial charge in [0, 0.05) is 10.6 Å². The van der Waals surface area contributed by atoms with Crippen LogP contribution in [0.1, 0.15) is 5.56 Å². The topological polar surface area (TPSA) is 80.4 Å². The molecule has 4 nitrogen and oxygen atoms in total. The molecule has 0 aliphatic heterocycles. The summed E-state index contributed by atoms with van der Waals surface area (Å²) in [4.78, 5) is -0.137. The van der Waals surface area contributed by atoms with Gasteiger partial charge in [0.2, 0.25) is 10.0 Å². The van der Waals surface area contributed by atoms with Gasteiger partial charge in [-0.05, 0) is 12.1 Å². The quantitative estimate of drug-likeness (QED) is 0.762. The number of nitrogens with two attached hydrogens (primary N) is 1. The molecule has 0 aromatic heterocycles. The SMILES string of the molecule is NS(=O)(=O)c1cccc(Cl)c1CO. The number of aliphatic hydroxyl groups excluding tert-OH is 1. The highest BCUT2D eigenvalue weighted by Gasteiger charge is 2.14. The number of sulfonamides is 1. The lowest BCUT2D eigenvalue weighted by Crippen LogP contribution is -2.14. The van der Waals surface area contributed by atoms with E-state index in [4.69, 9.17) is 21.8 Å². The lowest BCUT2D eigenvalue weighted by molar-refractivity contribution is 0.278. The number of hydrogen-bond donors (Lipinski definition) is 2. The van der Waals surface area contributed by atoms with Crippen LogP contribution in [0.4, 0.5) is 0 Å². The van der Waals surface area contributed by atoms with E-state index in [1.54, 1.807) is 0 Å². The van der Waals surface area contributed by atoms with Crippen molar-refractivity contribution in [2.24, 2.45) is 5.14 Å². The predicted octanol–water partition coefficient (Wildman–Crippen LogP) is 0.480. The van der Waals surface area contributed by atoms with Gasteiger partial charge >= 0.3 is 0 Å². The molecule has 6 heteroatoms. The number of aliphatic hydroxyl groups is 1. The van der Waals surface area contributed by atoms with Crippen LogP contribution in [0.5, 0.6) is 0 Å². The highest BCUT2D eigenvalue weighted by atomic mass is 35.5. The van der Waals surface area contributed by atoms with Gasteiger partial charge < -0.3 is 5.11 Å². The van der Waals surface area contributed by atoms with Crippen LogP contribution in [0.15, 0.2) is 23.1 Å². The molecule has 0 aliphatic rings. The van der Waals surface area contributed by atoms with Crippen molar-refractivity contribution in [3.05, 3.63) is 28.8 Å². The molecular formula is C7H8ClNO3S. The van der Waals surface area contributed by atoms with Crippen LogP contribution in [-0.2, 0) is 16.6 Å². The Bertz CT molecular complexity index is 416.